The van der Waals surface area contributed by atoms with Crippen LogP contribution in [0.15, 0.2) is 84.9 Å². The molecule has 0 unspecified atom stereocenters. The van der Waals surface area contributed by atoms with E-state index in [1.807, 2.05) is 5.32 Å². The fourth-order valence-electron chi connectivity index (χ4n) is 3.65. The van der Waals surface area contributed by atoms with Crippen LogP contribution in [0.1, 0.15) is 11.1 Å². The standard InChI is InChI=1S/2C14H10F3N3O4/c15-14(16,17)8-2-1-3-9(6-8)18-13(22)19-11-5-4-10(20(23)24)7-12(11)21;15-14(16,17)9-3-1-2-4-10(9)18-13(22)19-11-6-5-8(20(23)24)7-12(11)21/h2*1-7,21H,(H2,18,19,22). The molecule has 4 rings (SSSR count). The number of phenols is 2. The number of halogens is 6. The minimum atomic E-state index is -4.65. The van der Waals surface area contributed by atoms with Crippen LogP contribution in [0, 0.1) is 20.2 Å². The highest BCUT2D eigenvalue weighted by molar-refractivity contribution is 6.01. The van der Waals surface area contributed by atoms with Crippen molar-refractivity contribution in [2.75, 3.05) is 21.3 Å². The molecule has 0 aliphatic heterocycles. The molecule has 4 amide bonds. The Bertz CT molecular complexity index is 1850. The van der Waals surface area contributed by atoms with Crippen LogP contribution in [-0.2, 0) is 12.4 Å². The molecule has 0 spiro atoms. The molecule has 0 heterocycles. The minimum Gasteiger partial charge on any atom is -0.506 e. The van der Waals surface area contributed by atoms with Gasteiger partial charge in [-0.3, -0.25) is 20.2 Å². The van der Waals surface area contributed by atoms with E-state index in [0.717, 1.165) is 66.7 Å². The number of phenolic OH excluding ortho intramolecular Hbond substituents is 2. The molecule has 0 bridgehead atoms. The van der Waals surface area contributed by atoms with Crippen molar-refractivity contribution < 1.29 is 56.0 Å². The normalized spacial score (nSPS) is 11.0. The summed E-state index contributed by atoms with van der Waals surface area (Å²) in [7, 11) is 0. The summed E-state index contributed by atoms with van der Waals surface area (Å²) in [6.07, 6.45) is -9.20. The SMILES string of the molecule is O=C(Nc1ccc([N+](=O)[O-])cc1O)Nc1ccccc1C(F)(F)F.O=C(Nc1cccc(C(F)(F)F)c1)Nc1ccc([N+](=O)[O-])cc1O. The highest BCUT2D eigenvalue weighted by atomic mass is 19.4. The summed E-state index contributed by atoms with van der Waals surface area (Å²) in [5, 5.41) is 48.8. The fraction of sp³-hybridized carbons (Fsp3) is 0.0714. The van der Waals surface area contributed by atoms with Crippen LogP contribution in [0.2, 0.25) is 0 Å². The molecule has 0 aliphatic carbocycles. The van der Waals surface area contributed by atoms with Crippen molar-refractivity contribution in [3.8, 4) is 11.5 Å². The molecule has 0 saturated heterocycles. The number of carbonyl (C=O) groups is 2. The summed E-state index contributed by atoms with van der Waals surface area (Å²) in [5.41, 5.74) is -3.65. The number of aromatic hydroxyl groups is 2. The number of hydrogen-bond donors (Lipinski definition) is 6. The van der Waals surface area contributed by atoms with Gasteiger partial charge in [0.2, 0.25) is 0 Å². The first kappa shape index (κ1) is 35.9. The lowest BCUT2D eigenvalue weighted by molar-refractivity contribution is -0.385. The van der Waals surface area contributed by atoms with E-state index in [1.165, 1.54) is 18.2 Å². The van der Waals surface area contributed by atoms with Crippen molar-refractivity contribution in [1.82, 2.24) is 0 Å². The fourth-order valence-corrected chi connectivity index (χ4v) is 3.65. The number of nitro benzene ring substituents is 2. The summed E-state index contributed by atoms with van der Waals surface area (Å²) < 4.78 is 76.3. The Morgan fingerprint density at radius 3 is 1.52 bits per heavy atom. The molecule has 20 heteroatoms. The number of alkyl halides is 6. The van der Waals surface area contributed by atoms with E-state index >= 15 is 0 Å². The third-order valence-electron chi connectivity index (χ3n) is 5.81. The number of rotatable bonds is 6. The lowest BCUT2D eigenvalue weighted by atomic mass is 10.1. The summed E-state index contributed by atoms with van der Waals surface area (Å²) in [6, 6.07) is 12.3. The molecule has 0 radical (unpaired) electrons. The number of non-ortho nitro benzene ring substituents is 2. The average molecular weight is 682 g/mol. The molecular formula is C28H20F6N6O8. The van der Waals surface area contributed by atoms with Gasteiger partial charge in [0.15, 0.2) is 0 Å². The van der Waals surface area contributed by atoms with Crippen LogP contribution in [0.4, 0.5) is 70.1 Å². The van der Waals surface area contributed by atoms with Crippen molar-refractivity contribution in [2.45, 2.75) is 12.4 Å². The molecule has 0 saturated carbocycles. The van der Waals surface area contributed by atoms with Gasteiger partial charge >= 0.3 is 24.4 Å². The highest BCUT2D eigenvalue weighted by Gasteiger charge is 2.33. The largest absolute Gasteiger partial charge is 0.506 e. The smallest absolute Gasteiger partial charge is 0.418 e. The van der Waals surface area contributed by atoms with Crippen LogP contribution in [-0.4, -0.2) is 32.1 Å². The van der Waals surface area contributed by atoms with Crippen LogP contribution >= 0.6 is 0 Å². The second kappa shape index (κ2) is 14.7. The van der Waals surface area contributed by atoms with Gasteiger partial charge < -0.3 is 31.5 Å². The van der Waals surface area contributed by atoms with E-state index in [2.05, 4.69) is 16.0 Å². The zero-order chi connectivity index (χ0) is 35.8. The second-order valence-corrected chi connectivity index (χ2v) is 9.20. The van der Waals surface area contributed by atoms with Crippen molar-refractivity contribution >= 4 is 46.2 Å². The van der Waals surface area contributed by atoms with E-state index in [1.54, 1.807) is 0 Å². The van der Waals surface area contributed by atoms with Gasteiger partial charge in [-0.05, 0) is 42.5 Å². The predicted molar refractivity (Wildman–Crippen MR) is 158 cm³/mol. The van der Waals surface area contributed by atoms with Gasteiger partial charge in [0, 0.05) is 17.8 Å². The molecule has 0 fully saturated rings. The maximum Gasteiger partial charge on any atom is 0.418 e. The monoisotopic (exact) mass is 682 g/mol. The summed E-state index contributed by atoms with van der Waals surface area (Å²) in [6.45, 7) is 0. The van der Waals surface area contributed by atoms with Crippen LogP contribution in [0.3, 0.4) is 0 Å². The first-order valence-corrected chi connectivity index (χ1v) is 12.8. The molecule has 6 N–H and O–H groups in total. The number of hydrogen-bond acceptors (Lipinski definition) is 8. The third-order valence-corrected chi connectivity index (χ3v) is 5.81. The van der Waals surface area contributed by atoms with Crippen molar-refractivity contribution in [3.05, 3.63) is 116 Å². The predicted octanol–water partition coefficient (Wildman–Crippen LogP) is 7.93. The van der Waals surface area contributed by atoms with Crippen LogP contribution in [0.5, 0.6) is 11.5 Å². The lowest BCUT2D eigenvalue weighted by Crippen LogP contribution is -2.21. The number of para-hydroxylation sites is 1. The summed E-state index contributed by atoms with van der Waals surface area (Å²) in [4.78, 5) is 43.2. The number of nitrogens with zero attached hydrogens (tertiary/aromatic N) is 2. The van der Waals surface area contributed by atoms with E-state index in [4.69, 9.17) is 0 Å². The Morgan fingerprint density at radius 2 is 1.06 bits per heavy atom. The van der Waals surface area contributed by atoms with E-state index < -0.39 is 68.3 Å². The van der Waals surface area contributed by atoms with E-state index in [0.29, 0.717) is 0 Å². The summed E-state index contributed by atoms with van der Waals surface area (Å²) >= 11 is 0. The molecule has 14 nitrogen and oxygen atoms in total. The second-order valence-electron chi connectivity index (χ2n) is 9.20. The van der Waals surface area contributed by atoms with E-state index in [-0.39, 0.29) is 22.7 Å². The molecular weight excluding hydrogens is 662 g/mol. The Morgan fingerprint density at radius 1 is 0.583 bits per heavy atom. The average Bonchev–Trinajstić information content (AvgIpc) is 2.98. The maximum atomic E-state index is 12.8. The quantitative estimate of drug-likeness (QED) is 0.0508. The van der Waals surface area contributed by atoms with Crippen molar-refractivity contribution in [3.63, 3.8) is 0 Å². The van der Waals surface area contributed by atoms with E-state index in [9.17, 15) is 66.4 Å². The van der Waals surface area contributed by atoms with Gasteiger partial charge in [-0.2, -0.15) is 26.3 Å². The number of amides is 4. The van der Waals surface area contributed by atoms with Gasteiger partial charge in [0.05, 0.1) is 50.2 Å². The van der Waals surface area contributed by atoms with Gasteiger partial charge in [0.1, 0.15) is 11.5 Å². The first-order valence-electron chi connectivity index (χ1n) is 12.8. The molecule has 252 valence electrons. The number of urea groups is 2. The van der Waals surface area contributed by atoms with Crippen LogP contribution < -0.4 is 21.3 Å². The number of nitrogens with one attached hydrogen (secondary N) is 4. The Balaban J connectivity index is 0.000000260. The Labute approximate surface area is 263 Å². The Kier molecular flexibility index (Phi) is 11.0. The maximum absolute atomic E-state index is 12.8. The number of nitro groups is 2. The molecule has 0 atom stereocenters. The van der Waals surface area contributed by atoms with Gasteiger partial charge in [-0.15, -0.1) is 0 Å². The van der Waals surface area contributed by atoms with Crippen LogP contribution in [0.25, 0.3) is 0 Å². The molecule has 4 aromatic carbocycles. The number of anilines is 4. The van der Waals surface area contributed by atoms with Gasteiger partial charge in [-0.25, -0.2) is 9.59 Å². The van der Waals surface area contributed by atoms with Crippen molar-refractivity contribution in [1.29, 1.82) is 0 Å². The summed E-state index contributed by atoms with van der Waals surface area (Å²) in [5.74, 6) is -1.15. The molecule has 0 aliphatic rings. The Hall–Kier alpha value is -6.60. The first-order chi connectivity index (χ1) is 22.3. The zero-order valence-electron chi connectivity index (χ0n) is 23.6. The van der Waals surface area contributed by atoms with Gasteiger partial charge in [0.25, 0.3) is 11.4 Å². The van der Waals surface area contributed by atoms with Crippen molar-refractivity contribution in [2.24, 2.45) is 0 Å². The number of carbonyl (C=O) groups excluding carboxylic acids is 2. The highest BCUT2D eigenvalue weighted by Crippen LogP contribution is 2.35. The molecule has 4 aromatic rings. The number of benzene rings is 4. The van der Waals surface area contributed by atoms with Gasteiger partial charge in [-0.1, -0.05) is 18.2 Å². The zero-order valence-corrected chi connectivity index (χ0v) is 23.6. The topological polar surface area (TPSA) is 209 Å². The molecule has 0 aromatic heterocycles. The third kappa shape index (κ3) is 9.95. The minimum absolute atomic E-state index is 0.108. The molecule has 48 heavy (non-hydrogen) atoms. The lowest BCUT2D eigenvalue weighted by Gasteiger charge is -2.14.